The Morgan fingerprint density at radius 2 is 2.21 bits per heavy atom. The van der Waals surface area contributed by atoms with Gasteiger partial charge in [0, 0.05) is 18.4 Å². The lowest BCUT2D eigenvalue weighted by Gasteiger charge is -2.15. The van der Waals surface area contributed by atoms with E-state index in [1.54, 1.807) is 5.56 Å². The molecule has 1 unspecified atom stereocenters. The molecule has 0 radical (unpaired) electrons. The average molecular weight is 189 g/mol. The second-order valence-electron chi connectivity index (χ2n) is 4.32. The fourth-order valence-corrected chi connectivity index (χ4v) is 2.75. The second-order valence-corrected chi connectivity index (χ2v) is 4.32. The number of hydrogen-bond donors (Lipinski definition) is 0. The Kier molecular flexibility index (Phi) is 2.26. The molecule has 0 bridgehead atoms. The van der Waals surface area contributed by atoms with Crippen LogP contribution in [0.2, 0.25) is 0 Å². The molecule has 0 fully saturated rings. The molecule has 1 aliphatic rings. The highest BCUT2D eigenvalue weighted by Crippen LogP contribution is 2.35. The van der Waals surface area contributed by atoms with Crippen LogP contribution in [0.4, 0.5) is 0 Å². The Bertz CT molecular complexity index is 382. The number of nitrogens with zero attached hydrogens (tertiary/aromatic N) is 1. The van der Waals surface area contributed by atoms with Gasteiger partial charge in [-0.3, -0.25) is 0 Å². The highest BCUT2D eigenvalue weighted by atomic mass is 15.0. The van der Waals surface area contributed by atoms with E-state index in [2.05, 4.69) is 44.5 Å². The summed E-state index contributed by atoms with van der Waals surface area (Å²) in [5, 5.41) is 0. The monoisotopic (exact) mass is 189 g/mol. The molecule has 0 spiro atoms. The molecule has 0 N–H and O–H groups in total. The molecule has 1 heteroatoms. The summed E-state index contributed by atoms with van der Waals surface area (Å²) in [4.78, 5) is 0. The van der Waals surface area contributed by atoms with Crippen LogP contribution < -0.4 is 0 Å². The molecule has 0 aliphatic heterocycles. The van der Waals surface area contributed by atoms with Crippen LogP contribution in [0.5, 0.6) is 0 Å². The van der Waals surface area contributed by atoms with Crippen molar-refractivity contribution in [2.24, 2.45) is 7.05 Å². The Morgan fingerprint density at radius 3 is 2.79 bits per heavy atom. The van der Waals surface area contributed by atoms with Gasteiger partial charge in [-0.2, -0.15) is 0 Å². The largest absolute Gasteiger partial charge is 0.348 e. The molecule has 1 heterocycles. The molecule has 1 aromatic heterocycles. The quantitative estimate of drug-likeness (QED) is 0.638. The van der Waals surface area contributed by atoms with Crippen molar-refractivity contribution in [3.63, 3.8) is 0 Å². The van der Waals surface area contributed by atoms with Crippen molar-refractivity contribution in [2.45, 2.75) is 39.5 Å². The Hall–Kier alpha value is -0.980. The Labute approximate surface area is 86.4 Å². The summed E-state index contributed by atoms with van der Waals surface area (Å²) < 4.78 is 2.36. The van der Waals surface area contributed by atoms with Gasteiger partial charge in [-0.05, 0) is 42.9 Å². The van der Waals surface area contributed by atoms with Crippen LogP contribution >= 0.6 is 0 Å². The molecule has 0 aromatic carbocycles. The summed E-state index contributed by atoms with van der Waals surface area (Å²) in [6, 6.07) is 0. The number of fused-ring (bicyclic) bond motifs is 1. The van der Waals surface area contributed by atoms with Crippen LogP contribution in [0.1, 0.15) is 48.7 Å². The minimum atomic E-state index is 0.696. The van der Waals surface area contributed by atoms with Gasteiger partial charge in [-0.25, -0.2) is 0 Å². The predicted octanol–water partition coefficient (Wildman–Crippen LogP) is 3.42. The summed E-state index contributed by atoms with van der Waals surface area (Å²) >= 11 is 0. The van der Waals surface area contributed by atoms with E-state index < -0.39 is 0 Å². The fraction of sp³-hybridized carbons (Fsp3) is 0.538. The van der Waals surface area contributed by atoms with Crippen LogP contribution in [-0.2, 0) is 13.5 Å². The van der Waals surface area contributed by atoms with Crippen LogP contribution in [0.25, 0.3) is 6.08 Å². The lowest BCUT2D eigenvalue weighted by molar-refractivity contribution is 0.754. The van der Waals surface area contributed by atoms with E-state index in [9.17, 15) is 0 Å². The van der Waals surface area contributed by atoms with E-state index in [1.165, 1.54) is 23.4 Å². The van der Waals surface area contributed by atoms with E-state index in [-0.39, 0.29) is 0 Å². The van der Waals surface area contributed by atoms with Crippen molar-refractivity contribution in [3.8, 4) is 0 Å². The molecule has 1 aliphatic carbocycles. The Morgan fingerprint density at radius 1 is 1.50 bits per heavy atom. The highest BCUT2D eigenvalue weighted by Gasteiger charge is 2.21. The highest BCUT2D eigenvalue weighted by molar-refractivity contribution is 5.59. The van der Waals surface area contributed by atoms with Crippen molar-refractivity contribution in [1.82, 2.24) is 4.57 Å². The van der Waals surface area contributed by atoms with E-state index in [0.717, 1.165) is 6.42 Å². The first-order valence-corrected chi connectivity index (χ1v) is 5.51. The number of aromatic nitrogens is 1. The molecule has 1 aromatic rings. The first-order chi connectivity index (χ1) is 6.66. The third kappa shape index (κ3) is 1.15. The standard InChI is InChI=1S/C13H19N/c1-5-11-10(3)13-9(2)7-6-8-12(13)14(11)4/h6,8-9H,5,7H2,1-4H3. The number of hydrogen-bond acceptors (Lipinski definition) is 0. The van der Waals surface area contributed by atoms with Crippen LogP contribution in [0, 0.1) is 6.92 Å². The maximum Gasteiger partial charge on any atom is 0.0441 e. The molecule has 0 saturated carbocycles. The Balaban J connectivity index is 2.67. The van der Waals surface area contributed by atoms with Gasteiger partial charge >= 0.3 is 0 Å². The minimum absolute atomic E-state index is 0.696. The zero-order valence-corrected chi connectivity index (χ0v) is 9.59. The average Bonchev–Trinajstić information content (AvgIpc) is 2.41. The van der Waals surface area contributed by atoms with Crippen molar-refractivity contribution in [1.29, 1.82) is 0 Å². The number of allylic oxidation sites excluding steroid dienone is 1. The third-order valence-corrected chi connectivity index (χ3v) is 3.47. The number of rotatable bonds is 1. The molecule has 1 atom stereocenters. The SMILES string of the molecule is CCc1c(C)c2c(n1C)C=CCC2C. The lowest BCUT2D eigenvalue weighted by atomic mass is 9.90. The van der Waals surface area contributed by atoms with Gasteiger partial charge in [-0.15, -0.1) is 0 Å². The van der Waals surface area contributed by atoms with Crippen molar-refractivity contribution < 1.29 is 0 Å². The molecular weight excluding hydrogens is 170 g/mol. The molecule has 1 nitrogen and oxygen atoms in total. The molecule has 0 amide bonds. The van der Waals surface area contributed by atoms with Crippen molar-refractivity contribution >= 4 is 6.08 Å². The van der Waals surface area contributed by atoms with E-state index in [0.29, 0.717) is 5.92 Å². The third-order valence-electron chi connectivity index (χ3n) is 3.47. The normalized spacial score (nSPS) is 19.9. The molecular formula is C13H19N. The van der Waals surface area contributed by atoms with Gasteiger partial charge < -0.3 is 4.57 Å². The summed E-state index contributed by atoms with van der Waals surface area (Å²) in [5.74, 6) is 0.696. The van der Waals surface area contributed by atoms with Crippen LogP contribution in [0.3, 0.4) is 0 Å². The first-order valence-electron chi connectivity index (χ1n) is 5.51. The van der Waals surface area contributed by atoms with Gasteiger partial charge in [0.2, 0.25) is 0 Å². The second kappa shape index (κ2) is 3.30. The summed E-state index contributed by atoms with van der Waals surface area (Å²) in [7, 11) is 2.19. The maximum atomic E-state index is 2.36. The molecule has 2 rings (SSSR count). The van der Waals surface area contributed by atoms with Gasteiger partial charge in [0.1, 0.15) is 0 Å². The topological polar surface area (TPSA) is 4.93 Å². The van der Waals surface area contributed by atoms with Gasteiger partial charge in [0.25, 0.3) is 0 Å². The van der Waals surface area contributed by atoms with Gasteiger partial charge in [0.05, 0.1) is 0 Å². The summed E-state index contributed by atoms with van der Waals surface area (Å²) in [6.07, 6.45) is 6.91. The predicted molar refractivity (Wildman–Crippen MR) is 61.6 cm³/mol. The minimum Gasteiger partial charge on any atom is -0.348 e. The first kappa shape index (κ1) is 9.57. The van der Waals surface area contributed by atoms with Crippen LogP contribution in [0.15, 0.2) is 6.08 Å². The molecule has 76 valence electrons. The summed E-state index contributed by atoms with van der Waals surface area (Å²) in [6.45, 7) is 6.84. The lowest BCUT2D eigenvalue weighted by Crippen LogP contribution is -2.01. The molecule has 14 heavy (non-hydrogen) atoms. The van der Waals surface area contributed by atoms with Gasteiger partial charge in [-0.1, -0.05) is 19.9 Å². The summed E-state index contributed by atoms with van der Waals surface area (Å²) in [5.41, 5.74) is 6.01. The maximum absolute atomic E-state index is 2.36. The zero-order valence-electron chi connectivity index (χ0n) is 9.59. The molecule has 0 saturated heterocycles. The van der Waals surface area contributed by atoms with Gasteiger partial charge in [0.15, 0.2) is 0 Å². The van der Waals surface area contributed by atoms with Crippen LogP contribution in [-0.4, -0.2) is 4.57 Å². The van der Waals surface area contributed by atoms with Crippen molar-refractivity contribution in [2.75, 3.05) is 0 Å². The van der Waals surface area contributed by atoms with E-state index >= 15 is 0 Å². The smallest absolute Gasteiger partial charge is 0.0441 e. The van der Waals surface area contributed by atoms with E-state index in [4.69, 9.17) is 0 Å². The zero-order chi connectivity index (χ0) is 10.3. The fourth-order valence-electron chi connectivity index (χ4n) is 2.75. The van der Waals surface area contributed by atoms with E-state index in [1.807, 2.05) is 0 Å². The van der Waals surface area contributed by atoms with Crippen molar-refractivity contribution in [3.05, 3.63) is 28.6 Å².